The van der Waals surface area contributed by atoms with Crippen molar-refractivity contribution in [1.82, 2.24) is 4.98 Å². The van der Waals surface area contributed by atoms with Gasteiger partial charge >= 0.3 is 5.97 Å². The first kappa shape index (κ1) is 19.9. The summed E-state index contributed by atoms with van der Waals surface area (Å²) in [5.41, 5.74) is 1.94. The lowest BCUT2D eigenvalue weighted by Gasteiger charge is -2.08. The maximum absolute atomic E-state index is 11.0. The molecule has 0 unspecified atom stereocenters. The molecule has 0 radical (unpaired) electrons. The van der Waals surface area contributed by atoms with Gasteiger partial charge in [-0.25, -0.2) is 4.79 Å². The van der Waals surface area contributed by atoms with E-state index in [-0.39, 0.29) is 12.2 Å². The van der Waals surface area contributed by atoms with E-state index in [1.807, 2.05) is 48.5 Å². The maximum Gasteiger partial charge on any atom is 0.343 e. The van der Waals surface area contributed by atoms with Gasteiger partial charge in [-0.15, -0.1) is 0 Å². The number of H-pyrrole nitrogens is 1. The SMILES string of the molecule is CCOC(=O)c1ccc[nH]c1=O.Oc1ccc(-c2ccccc2)c2ccccc12. The quantitative estimate of drug-likeness (QED) is 0.497. The zero-order valence-corrected chi connectivity index (χ0v) is 16.0. The second-order valence-corrected chi connectivity index (χ2v) is 6.18. The van der Waals surface area contributed by atoms with Gasteiger partial charge in [0.05, 0.1) is 6.61 Å². The average Bonchev–Trinajstić information content (AvgIpc) is 2.76. The third-order valence-electron chi connectivity index (χ3n) is 4.30. The Hall–Kier alpha value is -3.86. The topological polar surface area (TPSA) is 79.4 Å². The summed E-state index contributed by atoms with van der Waals surface area (Å²) in [5.74, 6) is -0.250. The molecule has 4 aromatic rings. The molecule has 5 heteroatoms. The predicted molar refractivity (Wildman–Crippen MR) is 114 cm³/mol. The van der Waals surface area contributed by atoms with Crippen LogP contribution in [-0.2, 0) is 4.74 Å². The number of fused-ring (bicyclic) bond motifs is 1. The Morgan fingerprint density at radius 1 is 0.897 bits per heavy atom. The fourth-order valence-corrected chi connectivity index (χ4v) is 2.94. The summed E-state index contributed by atoms with van der Waals surface area (Å²) in [6.07, 6.45) is 1.46. The Labute approximate surface area is 168 Å². The minimum atomic E-state index is -0.584. The van der Waals surface area contributed by atoms with E-state index in [9.17, 15) is 14.7 Å². The highest BCUT2D eigenvalue weighted by Gasteiger charge is 2.09. The first-order chi connectivity index (χ1) is 14.1. The van der Waals surface area contributed by atoms with Gasteiger partial charge in [0, 0.05) is 11.6 Å². The average molecular weight is 387 g/mol. The Bertz CT molecular complexity index is 1170. The zero-order chi connectivity index (χ0) is 20.6. The zero-order valence-electron chi connectivity index (χ0n) is 16.0. The molecule has 0 saturated carbocycles. The number of aromatic amines is 1. The van der Waals surface area contributed by atoms with Crippen molar-refractivity contribution in [2.24, 2.45) is 0 Å². The van der Waals surface area contributed by atoms with E-state index < -0.39 is 11.5 Å². The van der Waals surface area contributed by atoms with Crippen LogP contribution in [0.5, 0.6) is 5.75 Å². The van der Waals surface area contributed by atoms with Gasteiger partial charge in [-0.2, -0.15) is 0 Å². The van der Waals surface area contributed by atoms with E-state index in [1.54, 1.807) is 19.1 Å². The summed E-state index contributed by atoms with van der Waals surface area (Å²) in [6.45, 7) is 1.96. The van der Waals surface area contributed by atoms with Crippen LogP contribution in [0.25, 0.3) is 21.9 Å². The van der Waals surface area contributed by atoms with Gasteiger partial charge in [-0.1, -0.05) is 60.7 Å². The molecule has 29 heavy (non-hydrogen) atoms. The minimum absolute atomic E-state index is 0.0411. The van der Waals surface area contributed by atoms with Crippen LogP contribution < -0.4 is 5.56 Å². The number of aromatic nitrogens is 1. The van der Waals surface area contributed by atoms with Crippen molar-refractivity contribution >= 4 is 16.7 Å². The second kappa shape index (κ2) is 9.37. The van der Waals surface area contributed by atoms with Crippen LogP contribution >= 0.6 is 0 Å². The van der Waals surface area contributed by atoms with Crippen molar-refractivity contribution in [3.05, 3.63) is 101 Å². The highest BCUT2D eigenvalue weighted by Crippen LogP contribution is 2.33. The van der Waals surface area contributed by atoms with Gasteiger partial charge in [-0.05, 0) is 41.6 Å². The lowest BCUT2D eigenvalue weighted by atomic mass is 9.98. The summed E-state index contributed by atoms with van der Waals surface area (Å²) in [5, 5.41) is 11.8. The fourth-order valence-electron chi connectivity index (χ4n) is 2.94. The lowest BCUT2D eigenvalue weighted by molar-refractivity contribution is 0.0524. The van der Waals surface area contributed by atoms with Gasteiger partial charge in [0.25, 0.3) is 5.56 Å². The van der Waals surface area contributed by atoms with Crippen molar-refractivity contribution in [3.8, 4) is 16.9 Å². The summed E-state index contributed by atoms with van der Waals surface area (Å²) in [4.78, 5) is 24.4. The fraction of sp³-hybridized carbons (Fsp3) is 0.0833. The molecule has 0 bridgehead atoms. The lowest BCUT2D eigenvalue weighted by Crippen LogP contribution is -2.18. The monoisotopic (exact) mass is 387 g/mol. The molecule has 0 saturated heterocycles. The third-order valence-corrected chi connectivity index (χ3v) is 4.30. The number of benzene rings is 3. The number of rotatable bonds is 3. The van der Waals surface area contributed by atoms with Crippen LogP contribution in [0.1, 0.15) is 17.3 Å². The van der Waals surface area contributed by atoms with Crippen LogP contribution in [-0.4, -0.2) is 22.7 Å². The molecule has 0 spiro atoms. The number of carbonyl (C=O) groups excluding carboxylic acids is 1. The highest BCUT2D eigenvalue weighted by molar-refractivity contribution is 5.99. The molecule has 0 fully saturated rings. The number of aromatic hydroxyl groups is 1. The molecule has 0 aliphatic carbocycles. The first-order valence-corrected chi connectivity index (χ1v) is 9.22. The molecule has 2 N–H and O–H groups in total. The number of ether oxygens (including phenoxy) is 1. The van der Waals surface area contributed by atoms with Crippen LogP contribution in [0.15, 0.2) is 89.9 Å². The van der Waals surface area contributed by atoms with Crippen LogP contribution in [0.4, 0.5) is 0 Å². The molecule has 0 atom stereocenters. The molecule has 0 amide bonds. The van der Waals surface area contributed by atoms with Gasteiger partial charge in [-0.3, -0.25) is 4.79 Å². The normalized spacial score (nSPS) is 10.1. The number of phenolic OH excluding ortho intramolecular Hbond substituents is 1. The molecule has 1 heterocycles. The standard InChI is InChI=1S/C16H12O.C8H9NO3/c17-16-11-10-13(12-6-2-1-3-7-12)14-8-4-5-9-15(14)16;1-2-12-8(11)6-4-3-5-9-7(6)10/h1-11,17H;3-5H,2H2,1H3,(H,9,10). The van der Waals surface area contributed by atoms with E-state index in [2.05, 4.69) is 21.9 Å². The number of carbonyl (C=O) groups is 1. The van der Waals surface area contributed by atoms with Crippen molar-refractivity contribution in [1.29, 1.82) is 0 Å². The van der Waals surface area contributed by atoms with Crippen LogP contribution in [0, 0.1) is 0 Å². The van der Waals surface area contributed by atoms with Crippen molar-refractivity contribution in [2.75, 3.05) is 6.61 Å². The predicted octanol–water partition coefficient (Wildman–Crippen LogP) is 4.76. The molecular weight excluding hydrogens is 366 g/mol. The molecule has 0 aliphatic rings. The molecule has 1 aromatic heterocycles. The highest BCUT2D eigenvalue weighted by atomic mass is 16.5. The van der Waals surface area contributed by atoms with E-state index in [0.717, 1.165) is 16.3 Å². The van der Waals surface area contributed by atoms with Gasteiger partial charge in [0.15, 0.2) is 0 Å². The van der Waals surface area contributed by atoms with Gasteiger partial charge < -0.3 is 14.8 Å². The Morgan fingerprint density at radius 2 is 1.59 bits per heavy atom. The van der Waals surface area contributed by atoms with Crippen molar-refractivity contribution < 1.29 is 14.6 Å². The Kier molecular flexibility index (Phi) is 6.43. The number of nitrogens with one attached hydrogen (secondary N) is 1. The van der Waals surface area contributed by atoms with Crippen molar-refractivity contribution in [3.63, 3.8) is 0 Å². The number of phenols is 1. The van der Waals surface area contributed by atoms with E-state index in [1.165, 1.54) is 17.8 Å². The van der Waals surface area contributed by atoms with E-state index in [4.69, 9.17) is 0 Å². The summed E-state index contributed by atoms with van der Waals surface area (Å²) < 4.78 is 4.65. The van der Waals surface area contributed by atoms with Crippen LogP contribution in [0.2, 0.25) is 0 Å². The number of hydrogen-bond acceptors (Lipinski definition) is 4. The smallest absolute Gasteiger partial charge is 0.343 e. The van der Waals surface area contributed by atoms with Gasteiger partial charge in [0.1, 0.15) is 11.3 Å². The molecule has 146 valence electrons. The van der Waals surface area contributed by atoms with Gasteiger partial charge in [0.2, 0.25) is 0 Å². The Morgan fingerprint density at radius 3 is 2.28 bits per heavy atom. The summed E-state index contributed by atoms with van der Waals surface area (Å²) in [6, 6.07) is 24.9. The third kappa shape index (κ3) is 4.71. The molecular formula is C24H21NO4. The largest absolute Gasteiger partial charge is 0.507 e. The molecule has 3 aromatic carbocycles. The summed E-state index contributed by atoms with van der Waals surface area (Å²) in [7, 11) is 0. The molecule has 0 aliphatic heterocycles. The van der Waals surface area contributed by atoms with E-state index >= 15 is 0 Å². The van der Waals surface area contributed by atoms with E-state index in [0.29, 0.717) is 5.75 Å². The first-order valence-electron chi connectivity index (χ1n) is 9.22. The van der Waals surface area contributed by atoms with Crippen LogP contribution in [0.3, 0.4) is 0 Å². The minimum Gasteiger partial charge on any atom is -0.507 e. The molecule has 4 rings (SSSR count). The number of hydrogen-bond donors (Lipinski definition) is 2. The Balaban J connectivity index is 0.000000177. The number of esters is 1. The van der Waals surface area contributed by atoms with Crippen molar-refractivity contribution in [2.45, 2.75) is 6.92 Å². The molecule has 5 nitrogen and oxygen atoms in total. The second-order valence-electron chi connectivity index (χ2n) is 6.18. The maximum atomic E-state index is 11.0. The number of pyridine rings is 1. The summed E-state index contributed by atoms with van der Waals surface area (Å²) >= 11 is 0.